The Hall–Kier alpha value is -1.18. The van der Waals surface area contributed by atoms with E-state index in [1.807, 2.05) is 19.1 Å². The molecule has 1 saturated carbocycles. The predicted octanol–water partition coefficient (Wildman–Crippen LogP) is 2.88. The third-order valence-electron chi connectivity index (χ3n) is 2.26. The molecule has 0 amide bonds. The first-order chi connectivity index (χ1) is 6.72. The van der Waals surface area contributed by atoms with E-state index in [2.05, 4.69) is 6.58 Å². The van der Waals surface area contributed by atoms with Gasteiger partial charge in [0, 0.05) is 11.8 Å². The average Bonchev–Trinajstić information content (AvgIpc) is 2.56. The molecule has 0 bridgehead atoms. The SMILES string of the molecule is C=C(N)/C=C(\C=C/C)OC1CCCC1. The molecular formula is C12H19NO. The first-order valence-corrected chi connectivity index (χ1v) is 5.18. The minimum Gasteiger partial charge on any atom is -0.490 e. The molecule has 2 heteroatoms. The van der Waals surface area contributed by atoms with E-state index in [1.54, 1.807) is 6.08 Å². The van der Waals surface area contributed by atoms with Crippen molar-refractivity contribution in [2.45, 2.75) is 38.7 Å². The third kappa shape index (κ3) is 3.69. The second-order valence-corrected chi connectivity index (χ2v) is 3.65. The van der Waals surface area contributed by atoms with Crippen molar-refractivity contribution in [3.05, 3.63) is 36.3 Å². The van der Waals surface area contributed by atoms with Crippen molar-refractivity contribution in [2.75, 3.05) is 0 Å². The molecular weight excluding hydrogens is 174 g/mol. The molecule has 2 N–H and O–H groups in total. The lowest BCUT2D eigenvalue weighted by atomic mass is 10.3. The van der Waals surface area contributed by atoms with Crippen molar-refractivity contribution in [2.24, 2.45) is 5.73 Å². The van der Waals surface area contributed by atoms with Crippen LogP contribution >= 0.6 is 0 Å². The zero-order valence-corrected chi connectivity index (χ0v) is 8.83. The fourth-order valence-corrected chi connectivity index (χ4v) is 1.67. The van der Waals surface area contributed by atoms with Crippen LogP contribution in [0, 0.1) is 0 Å². The van der Waals surface area contributed by atoms with E-state index in [4.69, 9.17) is 10.5 Å². The molecule has 0 unspecified atom stereocenters. The van der Waals surface area contributed by atoms with Crippen LogP contribution in [-0.2, 0) is 4.74 Å². The van der Waals surface area contributed by atoms with Gasteiger partial charge in [-0.2, -0.15) is 0 Å². The molecule has 78 valence electrons. The maximum absolute atomic E-state index is 5.80. The Labute approximate surface area is 86.1 Å². The first kappa shape index (κ1) is 10.9. The molecule has 0 aromatic heterocycles. The molecule has 1 aliphatic rings. The van der Waals surface area contributed by atoms with Gasteiger partial charge in [0.2, 0.25) is 0 Å². The molecule has 2 nitrogen and oxygen atoms in total. The van der Waals surface area contributed by atoms with Crippen molar-refractivity contribution in [1.82, 2.24) is 0 Å². The van der Waals surface area contributed by atoms with E-state index in [-0.39, 0.29) is 0 Å². The lowest BCUT2D eigenvalue weighted by Crippen LogP contribution is -2.07. The van der Waals surface area contributed by atoms with Crippen LogP contribution in [-0.4, -0.2) is 6.10 Å². The van der Waals surface area contributed by atoms with Crippen molar-refractivity contribution in [3.8, 4) is 0 Å². The number of allylic oxidation sites excluding steroid dienone is 3. The van der Waals surface area contributed by atoms with Gasteiger partial charge in [-0.25, -0.2) is 0 Å². The van der Waals surface area contributed by atoms with E-state index < -0.39 is 0 Å². The summed E-state index contributed by atoms with van der Waals surface area (Å²) in [6.45, 7) is 5.60. The Bertz CT molecular complexity index is 247. The van der Waals surface area contributed by atoms with E-state index >= 15 is 0 Å². The second kappa shape index (κ2) is 5.53. The van der Waals surface area contributed by atoms with Crippen LogP contribution in [0.1, 0.15) is 32.6 Å². The zero-order valence-electron chi connectivity index (χ0n) is 8.83. The Morgan fingerprint density at radius 3 is 2.57 bits per heavy atom. The Morgan fingerprint density at radius 2 is 2.07 bits per heavy atom. The van der Waals surface area contributed by atoms with Gasteiger partial charge in [-0.1, -0.05) is 12.7 Å². The van der Waals surface area contributed by atoms with Crippen LogP contribution in [0.25, 0.3) is 0 Å². The molecule has 0 spiro atoms. The summed E-state index contributed by atoms with van der Waals surface area (Å²) >= 11 is 0. The first-order valence-electron chi connectivity index (χ1n) is 5.18. The highest BCUT2D eigenvalue weighted by molar-refractivity contribution is 5.22. The van der Waals surface area contributed by atoms with Crippen molar-refractivity contribution in [1.29, 1.82) is 0 Å². The number of nitrogens with two attached hydrogens (primary N) is 1. The highest BCUT2D eigenvalue weighted by Gasteiger charge is 2.16. The maximum atomic E-state index is 5.80. The van der Waals surface area contributed by atoms with E-state index in [0.717, 1.165) is 18.6 Å². The molecule has 0 aromatic carbocycles. The van der Waals surface area contributed by atoms with E-state index in [9.17, 15) is 0 Å². The highest BCUT2D eigenvalue weighted by atomic mass is 16.5. The van der Waals surface area contributed by atoms with Gasteiger partial charge in [0.25, 0.3) is 0 Å². The number of hydrogen-bond acceptors (Lipinski definition) is 2. The topological polar surface area (TPSA) is 35.2 Å². The third-order valence-corrected chi connectivity index (χ3v) is 2.26. The summed E-state index contributed by atoms with van der Waals surface area (Å²) in [6.07, 6.45) is 10.9. The van der Waals surface area contributed by atoms with Crippen LogP contribution < -0.4 is 5.73 Å². The van der Waals surface area contributed by atoms with Gasteiger partial charge in [0.1, 0.15) is 5.76 Å². The fraction of sp³-hybridized carbons (Fsp3) is 0.500. The summed E-state index contributed by atoms with van der Waals surface area (Å²) < 4.78 is 5.80. The van der Waals surface area contributed by atoms with Gasteiger partial charge in [-0.3, -0.25) is 0 Å². The molecule has 0 saturated heterocycles. The van der Waals surface area contributed by atoms with Gasteiger partial charge >= 0.3 is 0 Å². The quantitative estimate of drug-likeness (QED) is 0.550. The molecule has 1 fully saturated rings. The molecule has 1 rings (SSSR count). The average molecular weight is 193 g/mol. The molecule has 0 aromatic rings. The lowest BCUT2D eigenvalue weighted by Gasteiger charge is -2.13. The predicted molar refractivity (Wildman–Crippen MR) is 59.6 cm³/mol. The smallest absolute Gasteiger partial charge is 0.121 e. The lowest BCUT2D eigenvalue weighted by molar-refractivity contribution is 0.131. The van der Waals surface area contributed by atoms with Crippen LogP contribution in [0.2, 0.25) is 0 Å². The van der Waals surface area contributed by atoms with Gasteiger partial charge in [0.15, 0.2) is 0 Å². The van der Waals surface area contributed by atoms with Gasteiger partial charge < -0.3 is 10.5 Å². The van der Waals surface area contributed by atoms with Gasteiger partial charge in [-0.05, 0) is 38.7 Å². The summed E-state index contributed by atoms with van der Waals surface area (Å²) in [5.41, 5.74) is 6.05. The van der Waals surface area contributed by atoms with Crippen molar-refractivity contribution in [3.63, 3.8) is 0 Å². The molecule has 0 radical (unpaired) electrons. The zero-order chi connectivity index (χ0) is 10.4. The Kier molecular flexibility index (Phi) is 4.30. The van der Waals surface area contributed by atoms with Gasteiger partial charge in [-0.15, -0.1) is 0 Å². The summed E-state index contributed by atoms with van der Waals surface area (Å²) in [6, 6.07) is 0. The minimum absolute atomic E-state index is 0.372. The highest BCUT2D eigenvalue weighted by Crippen LogP contribution is 2.23. The number of ether oxygens (including phenoxy) is 1. The normalized spacial score (nSPS) is 19.1. The summed E-state index contributed by atoms with van der Waals surface area (Å²) in [5.74, 6) is 0.826. The van der Waals surface area contributed by atoms with E-state index in [0.29, 0.717) is 11.8 Å². The molecule has 14 heavy (non-hydrogen) atoms. The van der Waals surface area contributed by atoms with E-state index in [1.165, 1.54) is 12.8 Å². The Morgan fingerprint density at radius 1 is 1.43 bits per heavy atom. The molecule has 1 aliphatic carbocycles. The van der Waals surface area contributed by atoms with Crippen molar-refractivity contribution < 1.29 is 4.74 Å². The number of hydrogen-bond donors (Lipinski definition) is 1. The van der Waals surface area contributed by atoms with Crippen LogP contribution in [0.5, 0.6) is 0 Å². The summed E-state index contributed by atoms with van der Waals surface area (Å²) in [7, 11) is 0. The van der Waals surface area contributed by atoms with Crippen LogP contribution in [0.15, 0.2) is 36.3 Å². The monoisotopic (exact) mass is 193 g/mol. The summed E-state index contributed by atoms with van der Waals surface area (Å²) in [4.78, 5) is 0. The maximum Gasteiger partial charge on any atom is 0.121 e. The summed E-state index contributed by atoms with van der Waals surface area (Å²) in [5, 5.41) is 0. The molecule has 0 atom stereocenters. The molecule has 0 heterocycles. The fourth-order valence-electron chi connectivity index (χ4n) is 1.67. The standard InChI is InChI=1S/C12H19NO/c1-3-6-12(9-10(2)13)14-11-7-4-5-8-11/h3,6,9,11H,2,4-5,7-8,13H2,1H3/b6-3-,12-9+. The van der Waals surface area contributed by atoms with Crippen LogP contribution in [0.3, 0.4) is 0 Å². The van der Waals surface area contributed by atoms with Gasteiger partial charge in [0.05, 0.1) is 6.10 Å². The molecule has 0 aliphatic heterocycles. The second-order valence-electron chi connectivity index (χ2n) is 3.65. The largest absolute Gasteiger partial charge is 0.490 e. The van der Waals surface area contributed by atoms with Crippen LogP contribution in [0.4, 0.5) is 0 Å². The Balaban J connectivity index is 2.54. The number of rotatable bonds is 4. The minimum atomic E-state index is 0.372. The van der Waals surface area contributed by atoms with Crippen molar-refractivity contribution >= 4 is 0 Å².